The van der Waals surface area contributed by atoms with Crippen LogP contribution in [0.1, 0.15) is 5.56 Å². The number of benzene rings is 2. The lowest BCUT2D eigenvalue weighted by Gasteiger charge is -2.20. The van der Waals surface area contributed by atoms with Crippen LogP contribution in [0, 0.1) is 0 Å². The third-order valence-electron chi connectivity index (χ3n) is 3.69. The molecule has 0 saturated carbocycles. The molecule has 0 radical (unpaired) electrons. The van der Waals surface area contributed by atoms with Crippen molar-refractivity contribution in [2.24, 2.45) is 0 Å². The Morgan fingerprint density at radius 3 is 2.27 bits per heavy atom. The number of para-hydroxylation sites is 2. The molecule has 1 amide bonds. The molecule has 140 valence electrons. The summed E-state index contributed by atoms with van der Waals surface area (Å²) >= 11 is 0. The van der Waals surface area contributed by atoms with Gasteiger partial charge in [-0.3, -0.25) is 4.79 Å². The van der Waals surface area contributed by atoms with Crippen LogP contribution in [0.25, 0.3) is 0 Å². The van der Waals surface area contributed by atoms with Gasteiger partial charge in [0.05, 0.1) is 32.7 Å². The van der Waals surface area contributed by atoms with Crippen LogP contribution in [-0.4, -0.2) is 45.7 Å². The van der Waals surface area contributed by atoms with Crippen molar-refractivity contribution in [3.63, 3.8) is 0 Å². The fraction of sp³-hybridized carbons (Fsp3) is 0.278. The largest absolute Gasteiger partial charge is 0.497 e. The molecule has 1 N–H and O–H groups in total. The molecule has 0 fully saturated rings. The number of ether oxygens (including phenoxy) is 2. The average Bonchev–Trinajstić information content (AvgIpc) is 2.61. The lowest BCUT2D eigenvalue weighted by Crippen LogP contribution is -2.36. The minimum absolute atomic E-state index is 0.0855. The lowest BCUT2D eigenvalue weighted by molar-refractivity contribution is -0.116. The Balaban J connectivity index is 2.10. The number of hydrogen-bond donors (Lipinski definition) is 1. The summed E-state index contributed by atoms with van der Waals surface area (Å²) in [6.45, 7) is -0.217. The standard InChI is InChI=1S/C18H22N2O5S/c1-24-15-10-8-14(9-11-15)12-20(26(3,22)23)13-18(21)19-16-6-4-5-7-17(16)25-2/h4-11H,12-13H2,1-3H3,(H,19,21). The second-order valence-electron chi connectivity index (χ2n) is 5.63. The lowest BCUT2D eigenvalue weighted by atomic mass is 10.2. The second-order valence-corrected chi connectivity index (χ2v) is 7.61. The molecule has 0 heterocycles. The van der Waals surface area contributed by atoms with Crippen LogP contribution in [-0.2, 0) is 21.4 Å². The smallest absolute Gasteiger partial charge is 0.239 e. The van der Waals surface area contributed by atoms with E-state index in [2.05, 4.69) is 5.32 Å². The Labute approximate surface area is 153 Å². The zero-order valence-electron chi connectivity index (χ0n) is 14.9. The third kappa shape index (κ3) is 5.47. The summed E-state index contributed by atoms with van der Waals surface area (Å²) in [4.78, 5) is 12.3. The predicted molar refractivity (Wildman–Crippen MR) is 99.9 cm³/mol. The van der Waals surface area contributed by atoms with E-state index in [0.29, 0.717) is 17.2 Å². The van der Waals surface area contributed by atoms with Gasteiger partial charge in [0.15, 0.2) is 0 Å². The maximum absolute atomic E-state index is 12.3. The summed E-state index contributed by atoms with van der Waals surface area (Å²) in [6, 6.07) is 13.9. The normalized spacial score (nSPS) is 11.2. The van der Waals surface area contributed by atoms with E-state index in [1.54, 1.807) is 55.6 Å². The summed E-state index contributed by atoms with van der Waals surface area (Å²) in [5, 5.41) is 2.68. The molecular formula is C18H22N2O5S. The summed E-state index contributed by atoms with van der Waals surface area (Å²) in [5.41, 5.74) is 1.24. The van der Waals surface area contributed by atoms with Gasteiger partial charge in [-0.25, -0.2) is 8.42 Å². The van der Waals surface area contributed by atoms with E-state index in [9.17, 15) is 13.2 Å². The van der Waals surface area contributed by atoms with Gasteiger partial charge in [0.25, 0.3) is 0 Å². The number of carbonyl (C=O) groups excluding carboxylic acids is 1. The Morgan fingerprint density at radius 1 is 1.04 bits per heavy atom. The number of anilines is 1. The Morgan fingerprint density at radius 2 is 1.69 bits per heavy atom. The van der Waals surface area contributed by atoms with Crippen molar-refractivity contribution in [2.45, 2.75) is 6.54 Å². The van der Waals surface area contributed by atoms with Crippen molar-refractivity contribution in [1.29, 1.82) is 0 Å². The molecule has 0 aromatic heterocycles. The first-order valence-corrected chi connectivity index (χ1v) is 9.69. The number of amides is 1. The second kappa shape index (κ2) is 8.68. The van der Waals surface area contributed by atoms with Crippen molar-refractivity contribution < 1.29 is 22.7 Å². The average molecular weight is 378 g/mol. The topological polar surface area (TPSA) is 84.9 Å². The molecule has 0 unspecified atom stereocenters. The molecule has 0 spiro atoms. The number of nitrogens with zero attached hydrogens (tertiary/aromatic N) is 1. The van der Waals surface area contributed by atoms with E-state index in [-0.39, 0.29) is 13.1 Å². The highest BCUT2D eigenvalue weighted by molar-refractivity contribution is 7.88. The predicted octanol–water partition coefficient (Wildman–Crippen LogP) is 2.10. The maximum atomic E-state index is 12.3. The SMILES string of the molecule is COc1ccc(CN(CC(=O)Nc2ccccc2OC)S(C)(=O)=O)cc1. The van der Waals surface area contributed by atoms with Crippen LogP contribution in [0.15, 0.2) is 48.5 Å². The van der Waals surface area contributed by atoms with Crippen molar-refractivity contribution >= 4 is 21.6 Å². The molecule has 2 aromatic carbocycles. The van der Waals surface area contributed by atoms with Gasteiger partial charge in [-0.1, -0.05) is 24.3 Å². The van der Waals surface area contributed by atoms with E-state index >= 15 is 0 Å². The zero-order valence-corrected chi connectivity index (χ0v) is 15.7. The van der Waals surface area contributed by atoms with Crippen LogP contribution in [0.2, 0.25) is 0 Å². The van der Waals surface area contributed by atoms with Gasteiger partial charge in [0.2, 0.25) is 15.9 Å². The van der Waals surface area contributed by atoms with Crippen molar-refractivity contribution in [3.8, 4) is 11.5 Å². The van der Waals surface area contributed by atoms with Crippen molar-refractivity contribution in [1.82, 2.24) is 4.31 Å². The highest BCUT2D eigenvalue weighted by atomic mass is 32.2. The highest BCUT2D eigenvalue weighted by Gasteiger charge is 2.21. The van der Waals surface area contributed by atoms with Gasteiger partial charge in [-0.15, -0.1) is 0 Å². The Hall–Kier alpha value is -2.58. The quantitative estimate of drug-likeness (QED) is 0.760. The number of rotatable bonds is 8. The molecule has 0 atom stereocenters. The first kappa shape index (κ1) is 19.7. The van der Waals surface area contributed by atoms with Crippen molar-refractivity contribution in [2.75, 3.05) is 32.3 Å². The zero-order chi connectivity index (χ0) is 19.2. The van der Waals surface area contributed by atoms with Gasteiger partial charge in [-0.05, 0) is 29.8 Å². The van der Waals surface area contributed by atoms with E-state index in [4.69, 9.17) is 9.47 Å². The minimum Gasteiger partial charge on any atom is -0.497 e. The van der Waals surface area contributed by atoms with E-state index in [1.807, 2.05) is 0 Å². The molecule has 2 rings (SSSR count). The fourth-order valence-electron chi connectivity index (χ4n) is 2.32. The molecule has 7 nitrogen and oxygen atoms in total. The molecule has 0 saturated heterocycles. The van der Waals surface area contributed by atoms with Crippen molar-refractivity contribution in [3.05, 3.63) is 54.1 Å². The maximum Gasteiger partial charge on any atom is 0.239 e. The van der Waals surface area contributed by atoms with E-state index in [0.717, 1.165) is 16.1 Å². The van der Waals surface area contributed by atoms with Crippen LogP contribution >= 0.6 is 0 Å². The van der Waals surface area contributed by atoms with Gasteiger partial charge in [0.1, 0.15) is 11.5 Å². The van der Waals surface area contributed by atoms with Gasteiger partial charge in [-0.2, -0.15) is 4.31 Å². The fourth-order valence-corrected chi connectivity index (χ4v) is 3.06. The summed E-state index contributed by atoms with van der Waals surface area (Å²) in [6.07, 6.45) is 1.08. The molecule has 0 aliphatic heterocycles. The van der Waals surface area contributed by atoms with Crippen LogP contribution in [0.5, 0.6) is 11.5 Å². The minimum atomic E-state index is -3.57. The number of carbonyl (C=O) groups is 1. The molecule has 0 bridgehead atoms. The third-order valence-corrected chi connectivity index (χ3v) is 4.88. The van der Waals surface area contributed by atoms with E-state index < -0.39 is 15.9 Å². The van der Waals surface area contributed by atoms with E-state index in [1.165, 1.54) is 7.11 Å². The number of nitrogens with one attached hydrogen (secondary N) is 1. The monoisotopic (exact) mass is 378 g/mol. The Bertz CT molecular complexity index is 850. The van der Waals surface area contributed by atoms with Crippen LogP contribution in [0.4, 0.5) is 5.69 Å². The highest BCUT2D eigenvalue weighted by Crippen LogP contribution is 2.23. The molecule has 0 aliphatic carbocycles. The molecule has 26 heavy (non-hydrogen) atoms. The molecule has 2 aromatic rings. The Kier molecular flexibility index (Phi) is 6.59. The first-order valence-electron chi connectivity index (χ1n) is 7.84. The van der Waals surface area contributed by atoms with Gasteiger partial charge < -0.3 is 14.8 Å². The molecular weight excluding hydrogens is 356 g/mol. The van der Waals surface area contributed by atoms with Gasteiger partial charge >= 0.3 is 0 Å². The number of sulfonamides is 1. The van der Waals surface area contributed by atoms with Crippen LogP contribution in [0.3, 0.4) is 0 Å². The molecule has 8 heteroatoms. The first-order chi connectivity index (χ1) is 12.3. The number of hydrogen-bond acceptors (Lipinski definition) is 5. The molecule has 0 aliphatic rings. The summed E-state index contributed by atoms with van der Waals surface area (Å²) in [7, 11) is -0.519. The summed E-state index contributed by atoms with van der Waals surface area (Å²) < 4.78 is 35.5. The number of methoxy groups -OCH3 is 2. The van der Waals surface area contributed by atoms with Gasteiger partial charge in [0, 0.05) is 6.54 Å². The summed E-state index contributed by atoms with van der Waals surface area (Å²) in [5.74, 6) is 0.726. The van der Waals surface area contributed by atoms with Crippen LogP contribution < -0.4 is 14.8 Å².